The molecule has 2 rings (SSSR count). The molecular formula is C11H20N4O. The summed E-state index contributed by atoms with van der Waals surface area (Å²) in [6.45, 7) is 6.73. The number of nitrogens with zero attached hydrogens (tertiary/aromatic N) is 3. The molecule has 0 aromatic carbocycles. The third-order valence-corrected chi connectivity index (χ3v) is 2.81. The highest BCUT2D eigenvalue weighted by atomic mass is 16.5. The second kappa shape index (κ2) is 4.93. The molecule has 1 N–H and O–H groups in total. The Hall–Kier alpha value is -0.940. The summed E-state index contributed by atoms with van der Waals surface area (Å²) in [5.74, 6) is 2.34. The topological polar surface area (TPSA) is 52.0 Å². The van der Waals surface area contributed by atoms with Crippen molar-refractivity contribution in [3.63, 3.8) is 0 Å². The molecule has 5 nitrogen and oxygen atoms in total. The molecule has 1 aliphatic rings. The van der Waals surface area contributed by atoms with Gasteiger partial charge in [-0.15, -0.1) is 0 Å². The Morgan fingerprint density at radius 3 is 2.94 bits per heavy atom. The van der Waals surface area contributed by atoms with Gasteiger partial charge in [-0.2, -0.15) is 5.10 Å². The van der Waals surface area contributed by atoms with E-state index in [1.54, 1.807) is 0 Å². The second-order valence-electron chi connectivity index (χ2n) is 4.59. The van der Waals surface area contributed by atoms with E-state index in [0.29, 0.717) is 12.0 Å². The molecule has 2 heterocycles. The van der Waals surface area contributed by atoms with E-state index in [1.807, 2.05) is 11.7 Å². The van der Waals surface area contributed by atoms with E-state index in [1.165, 1.54) is 0 Å². The zero-order valence-electron chi connectivity index (χ0n) is 10.2. The first-order chi connectivity index (χ1) is 7.66. The molecule has 90 valence electrons. The largest absolute Gasteiger partial charge is 0.379 e. The SMILES string of the molecule is CC(C)c1nc(CC2COCCN2)n(C)n1. The quantitative estimate of drug-likeness (QED) is 0.811. The molecule has 0 spiro atoms. The van der Waals surface area contributed by atoms with Crippen LogP contribution in [-0.2, 0) is 18.2 Å². The summed E-state index contributed by atoms with van der Waals surface area (Å²) < 4.78 is 7.31. The maximum Gasteiger partial charge on any atom is 0.153 e. The van der Waals surface area contributed by atoms with E-state index in [2.05, 4.69) is 29.2 Å². The van der Waals surface area contributed by atoms with Gasteiger partial charge in [-0.3, -0.25) is 4.68 Å². The lowest BCUT2D eigenvalue weighted by Gasteiger charge is -2.23. The third kappa shape index (κ3) is 2.59. The molecule has 1 unspecified atom stereocenters. The summed E-state index contributed by atoms with van der Waals surface area (Å²) in [6, 6.07) is 0.372. The molecule has 1 aromatic heterocycles. The fourth-order valence-corrected chi connectivity index (χ4v) is 1.83. The van der Waals surface area contributed by atoms with Crippen LogP contribution in [0.1, 0.15) is 31.4 Å². The normalized spacial score (nSPS) is 21.6. The van der Waals surface area contributed by atoms with Crippen molar-refractivity contribution in [3.8, 4) is 0 Å². The maximum absolute atomic E-state index is 5.43. The van der Waals surface area contributed by atoms with Crippen LogP contribution in [-0.4, -0.2) is 40.6 Å². The molecule has 1 aromatic rings. The first kappa shape index (κ1) is 11.5. The van der Waals surface area contributed by atoms with Gasteiger partial charge in [-0.05, 0) is 0 Å². The Kier molecular flexibility index (Phi) is 3.56. The minimum atomic E-state index is 0.372. The maximum atomic E-state index is 5.43. The fraction of sp³-hybridized carbons (Fsp3) is 0.818. The number of aromatic nitrogens is 3. The molecule has 0 amide bonds. The van der Waals surface area contributed by atoms with Crippen molar-refractivity contribution in [3.05, 3.63) is 11.6 Å². The van der Waals surface area contributed by atoms with Crippen LogP contribution in [0.2, 0.25) is 0 Å². The molecule has 1 fully saturated rings. The summed E-state index contributed by atoms with van der Waals surface area (Å²) >= 11 is 0. The number of ether oxygens (including phenoxy) is 1. The average molecular weight is 224 g/mol. The van der Waals surface area contributed by atoms with Crippen LogP contribution in [0, 0.1) is 0 Å². The summed E-state index contributed by atoms with van der Waals surface area (Å²) in [4.78, 5) is 4.56. The van der Waals surface area contributed by atoms with E-state index in [0.717, 1.165) is 37.8 Å². The van der Waals surface area contributed by atoms with Gasteiger partial charge in [0.05, 0.1) is 13.2 Å². The van der Waals surface area contributed by atoms with E-state index in [4.69, 9.17) is 4.74 Å². The number of nitrogens with one attached hydrogen (secondary N) is 1. The van der Waals surface area contributed by atoms with Gasteiger partial charge in [0.15, 0.2) is 5.82 Å². The Morgan fingerprint density at radius 2 is 2.38 bits per heavy atom. The zero-order valence-corrected chi connectivity index (χ0v) is 10.2. The number of hydrogen-bond donors (Lipinski definition) is 1. The van der Waals surface area contributed by atoms with Crippen molar-refractivity contribution in [1.29, 1.82) is 0 Å². The van der Waals surface area contributed by atoms with Gasteiger partial charge in [0, 0.05) is 32.0 Å². The number of aryl methyl sites for hydroxylation is 1. The van der Waals surface area contributed by atoms with Crippen LogP contribution in [0.5, 0.6) is 0 Å². The van der Waals surface area contributed by atoms with Crippen molar-refractivity contribution in [2.24, 2.45) is 7.05 Å². The Bertz CT molecular complexity index is 342. The highest BCUT2D eigenvalue weighted by molar-refractivity contribution is 4.99. The van der Waals surface area contributed by atoms with E-state index >= 15 is 0 Å². The zero-order chi connectivity index (χ0) is 11.5. The van der Waals surface area contributed by atoms with Gasteiger partial charge in [-0.1, -0.05) is 13.8 Å². The summed E-state index contributed by atoms with van der Waals surface area (Å²) in [5.41, 5.74) is 0. The lowest BCUT2D eigenvalue weighted by molar-refractivity contribution is 0.0761. The first-order valence-electron chi connectivity index (χ1n) is 5.87. The number of morpholine rings is 1. The van der Waals surface area contributed by atoms with Crippen molar-refractivity contribution >= 4 is 0 Å². The summed E-state index contributed by atoms with van der Waals surface area (Å²) in [7, 11) is 1.96. The molecule has 0 saturated carbocycles. The minimum absolute atomic E-state index is 0.372. The Balaban J connectivity index is 2.02. The van der Waals surface area contributed by atoms with E-state index in [-0.39, 0.29) is 0 Å². The van der Waals surface area contributed by atoms with Crippen molar-refractivity contribution in [2.45, 2.75) is 32.2 Å². The Morgan fingerprint density at radius 1 is 1.56 bits per heavy atom. The lowest BCUT2D eigenvalue weighted by atomic mass is 10.2. The van der Waals surface area contributed by atoms with E-state index in [9.17, 15) is 0 Å². The molecular weight excluding hydrogens is 204 g/mol. The molecule has 0 aliphatic carbocycles. The van der Waals surface area contributed by atoms with Gasteiger partial charge >= 0.3 is 0 Å². The predicted molar refractivity (Wildman–Crippen MR) is 61.4 cm³/mol. The van der Waals surface area contributed by atoms with Crippen LogP contribution >= 0.6 is 0 Å². The van der Waals surface area contributed by atoms with Crippen LogP contribution in [0.3, 0.4) is 0 Å². The van der Waals surface area contributed by atoms with Gasteiger partial charge in [0.2, 0.25) is 0 Å². The first-order valence-corrected chi connectivity index (χ1v) is 5.87. The van der Waals surface area contributed by atoms with Gasteiger partial charge in [0.25, 0.3) is 0 Å². The monoisotopic (exact) mass is 224 g/mol. The molecule has 1 aliphatic heterocycles. The highest BCUT2D eigenvalue weighted by Crippen LogP contribution is 2.11. The van der Waals surface area contributed by atoms with Crippen LogP contribution in [0.4, 0.5) is 0 Å². The smallest absolute Gasteiger partial charge is 0.153 e. The van der Waals surface area contributed by atoms with Gasteiger partial charge in [-0.25, -0.2) is 4.98 Å². The van der Waals surface area contributed by atoms with Gasteiger partial charge in [0.1, 0.15) is 5.82 Å². The van der Waals surface area contributed by atoms with Gasteiger partial charge < -0.3 is 10.1 Å². The number of rotatable bonds is 3. The predicted octanol–water partition coefficient (Wildman–Crippen LogP) is 0.469. The van der Waals surface area contributed by atoms with Crippen molar-refractivity contribution in [1.82, 2.24) is 20.1 Å². The van der Waals surface area contributed by atoms with E-state index < -0.39 is 0 Å². The molecule has 16 heavy (non-hydrogen) atoms. The molecule has 1 atom stereocenters. The fourth-order valence-electron chi connectivity index (χ4n) is 1.83. The molecule has 1 saturated heterocycles. The summed E-state index contributed by atoms with van der Waals surface area (Å²) in [5, 5.41) is 7.84. The van der Waals surface area contributed by atoms with Crippen LogP contribution < -0.4 is 5.32 Å². The number of hydrogen-bond acceptors (Lipinski definition) is 4. The highest BCUT2D eigenvalue weighted by Gasteiger charge is 2.17. The van der Waals surface area contributed by atoms with Crippen molar-refractivity contribution < 1.29 is 4.74 Å². The Labute approximate surface area is 96.2 Å². The molecule has 5 heteroatoms. The average Bonchev–Trinajstić information content (AvgIpc) is 2.62. The second-order valence-corrected chi connectivity index (χ2v) is 4.59. The molecule has 0 radical (unpaired) electrons. The lowest BCUT2D eigenvalue weighted by Crippen LogP contribution is -2.43. The minimum Gasteiger partial charge on any atom is -0.379 e. The summed E-state index contributed by atoms with van der Waals surface area (Å²) in [6.07, 6.45) is 0.885. The molecule has 0 bridgehead atoms. The van der Waals surface area contributed by atoms with Crippen molar-refractivity contribution in [2.75, 3.05) is 19.8 Å². The van der Waals surface area contributed by atoms with Crippen LogP contribution in [0.25, 0.3) is 0 Å². The third-order valence-electron chi connectivity index (χ3n) is 2.81. The standard InChI is InChI=1S/C11H20N4O/c1-8(2)11-13-10(15(3)14-11)6-9-7-16-5-4-12-9/h8-9,12H,4-7H2,1-3H3. The van der Waals surface area contributed by atoms with Crippen LogP contribution in [0.15, 0.2) is 0 Å².